The van der Waals surface area contributed by atoms with Crippen molar-refractivity contribution in [3.05, 3.63) is 58.5 Å². The molecular formula is C17H17BrN2O5. The van der Waals surface area contributed by atoms with E-state index >= 15 is 0 Å². The molecule has 0 radical (unpaired) electrons. The molecule has 2 rings (SSSR count). The highest BCUT2D eigenvalue weighted by Crippen LogP contribution is 2.12. The Morgan fingerprint density at radius 2 is 1.92 bits per heavy atom. The van der Waals surface area contributed by atoms with E-state index in [0.29, 0.717) is 11.3 Å². The van der Waals surface area contributed by atoms with Crippen LogP contribution in [-0.4, -0.2) is 30.9 Å². The number of ether oxygens (including phenoxy) is 1. The van der Waals surface area contributed by atoms with Crippen LogP contribution < -0.4 is 10.6 Å². The summed E-state index contributed by atoms with van der Waals surface area (Å²) in [4.78, 5) is 35.2. The summed E-state index contributed by atoms with van der Waals surface area (Å²) < 4.78 is 10.8. The molecule has 0 spiro atoms. The number of benzene rings is 1. The molecule has 1 aromatic carbocycles. The van der Waals surface area contributed by atoms with Crippen LogP contribution in [0.4, 0.5) is 0 Å². The molecule has 1 aromatic heterocycles. The lowest BCUT2D eigenvalue weighted by molar-refractivity contribution is -0.147. The van der Waals surface area contributed by atoms with E-state index in [1.165, 1.54) is 6.26 Å². The lowest BCUT2D eigenvalue weighted by Gasteiger charge is -2.11. The maximum Gasteiger partial charge on any atom is 0.325 e. The standard InChI is InChI=1S/C17H17BrN2O5/c1-11(14-3-2-8-24-14)20-15(21)10-25-16(22)9-19-17(23)12-4-6-13(18)7-5-12/h2-8,11H,9-10H2,1H3,(H,19,23)(H,20,21)/t11-/m1/s1. The Morgan fingerprint density at radius 1 is 1.20 bits per heavy atom. The molecule has 0 fully saturated rings. The molecular weight excluding hydrogens is 392 g/mol. The quantitative estimate of drug-likeness (QED) is 0.684. The van der Waals surface area contributed by atoms with Crippen LogP contribution in [0.25, 0.3) is 0 Å². The largest absolute Gasteiger partial charge is 0.467 e. The van der Waals surface area contributed by atoms with E-state index in [-0.39, 0.29) is 12.6 Å². The number of rotatable bonds is 7. The Morgan fingerprint density at radius 3 is 2.56 bits per heavy atom. The van der Waals surface area contributed by atoms with E-state index in [4.69, 9.17) is 9.15 Å². The molecule has 0 aliphatic heterocycles. The highest BCUT2D eigenvalue weighted by Gasteiger charge is 2.14. The first-order valence-electron chi connectivity index (χ1n) is 7.48. The molecule has 0 saturated heterocycles. The monoisotopic (exact) mass is 408 g/mol. The maximum absolute atomic E-state index is 11.9. The van der Waals surface area contributed by atoms with Crippen molar-refractivity contribution in [3.63, 3.8) is 0 Å². The summed E-state index contributed by atoms with van der Waals surface area (Å²) >= 11 is 3.27. The Kier molecular flexibility index (Phi) is 6.76. The zero-order chi connectivity index (χ0) is 18.2. The molecule has 0 aliphatic carbocycles. The predicted molar refractivity (Wildman–Crippen MR) is 92.7 cm³/mol. The lowest BCUT2D eigenvalue weighted by atomic mass is 10.2. The summed E-state index contributed by atoms with van der Waals surface area (Å²) in [7, 11) is 0. The fourth-order valence-corrected chi connectivity index (χ4v) is 2.21. The van der Waals surface area contributed by atoms with Crippen LogP contribution in [0.3, 0.4) is 0 Å². The Bertz CT molecular complexity index is 728. The minimum atomic E-state index is -0.703. The van der Waals surface area contributed by atoms with Crippen LogP contribution in [-0.2, 0) is 14.3 Å². The fraction of sp³-hybridized carbons (Fsp3) is 0.235. The molecule has 132 valence electrons. The second-order valence-corrected chi connectivity index (χ2v) is 6.07. The van der Waals surface area contributed by atoms with Crippen molar-refractivity contribution in [2.75, 3.05) is 13.2 Å². The number of furan rings is 1. The highest BCUT2D eigenvalue weighted by atomic mass is 79.9. The average Bonchev–Trinajstić information content (AvgIpc) is 3.13. The number of amides is 2. The Labute approximate surface area is 152 Å². The van der Waals surface area contributed by atoms with Gasteiger partial charge >= 0.3 is 5.97 Å². The molecule has 7 nitrogen and oxygen atoms in total. The van der Waals surface area contributed by atoms with Gasteiger partial charge in [0.15, 0.2) is 6.61 Å². The van der Waals surface area contributed by atoms with Crippen LogP contribution in [0.15, 0.2) is 51.6 Å². The van der Waals surface area contributed by atoms with Gasteiger partial charge < -0.3 is 19.8 Å². The van der Waals surface area contributed by atoms with Crippen molar-refractivity contribution in [2.24, 2.45) is 0 Å². The summed E-state index contributed by atoms with van der Waals surface area (Å²) in [6, 6.07) is 9.79. The number of nitrogens with one attached hydrogen (secondary N) is 2. The molecule has 2 N–H and O–H groups in total. The molecule has 1 heterocycles. The van der Waals surface area contributed by atoms with Gasteiger partial charge in [0.05, 0.1) is 12.3 Å². The highest BCUT2D eigenvalue weighted by molar-refractivity contribution is 9.10. The summed E-state index contributed by atoms with van der Waals surface area (Å²) in [5.74, 6) is -0.968. The summed E-state index contributed by atoms with van der Waals surface area (Å²) in [5.41, 5.74) is 0.418. The normalized spacial score (nSPS) is 11.4. The van der Waals surface area contributed by atoms with Crippen LogP contribution >= 0.6 is 15.9 Å². The molecule has 25 heavy (non-hydrogen) atoms. The van der Waals surface area contributed by atoms with Gasteiger partial charge in [0.2, 0.25) is 0 Å². The second-order valence-electron chi connectivity index (χ2n) is 5.15. The second kappa shape index (κ2) is 9.03. The van der Waals surface area contributed by atoms with Crippen molar-refractivity contribution in [3.8, 4) is 0 Å². The predicted octanol–water partition coefficient (Wildman–Crippen LogP) is 2.19. The summed E-state index contributed by atoms with van der Waals surface area (Å²) in [6.45, 7) is 0.991. The van der Waals surface area contributed by atoms with Gasteiger partial charge in [-0.1, -0.05) is 15.9 Å². The van der Waals surface area contributed by atoms with Crippen LogP contribution in [0.2, 0.25) is 0 Å². The molecule has 0 saturated carbocycles. The number of hydrogen-bond donors (Lipinski definition) is 2. The topological polar surface area (TPSA) is 97.6 Å². The van der Waals surface area contributed by atoms with E-state index in [2.05, 4.69) is 26.6 Å². The zero-order valence-electron chi connectivity index (χ0n) is 13.5. The van der Waals surface area contributed by atoms with Crippen molar-refractivity contribution >= 4 is 33.7 Å². The van der Waals surface area contributed by atoms with E-state index < -0.39 is 24.4 Å². The zero-order valence-corrected chi connectivity index (χ0v) is 15.0. The molecule has 0 aliphatic rings. The summed E-state index contributed by atoms with van der Waals surface area (Å²) in [5, 5.41) is 5.06. The average molecular weight is 409 g/mol. The van der Waals surface area contributed by atoms with E-state index in [1.807, 2.05) is 0 Å². The SMILES string of the molecule is C[C@@H](NC(=O)COC(=O)CNC(=O)c1ccc(Br)cc1)c1ccco1. The van der Waals surface area contributed by atoms with Crippen molar-refractivity contribution in [2.45, 2.75) is 13.0 Å². The molecule has 2 aromatic rings. The van der Waals surface area contributed by atoms with Crippen molar-refractivity contribution in [1.82, 2.24) is 10.6 Å². The molecule has 2 amide bonds. The third kappa shape index (κ3) is 6.07. The van der Waals surface area contributed by atoms with Gasteiger partial charge in [-0.25, -0.2) is 0 Å². The van der Waals surface area contributed by atoms with Crippen molar-refractivity contribution in [1.29, 1.82) is 0 Å². The van der Waals surface area contributed by atoms with Gasteiger partial charge in [-0.3, -0.25) is 14.4 Å². The van der Waals surface area contributed by atoms with Gasteiger partial charge in [0.25, 0.3) is 11.8 Å². The third-order valence-electron chi connectivity index (χ3n) is 3.21. The lowest BCUT2D eigenvalue weighted by Crippen LogP contribution is -2.34. The van der Waals surface area contributed by atoms with Crippen LogP contribution in [0, 0.1) is 0 Å². The Balaban J connectivity index is 1.68. The minimum Gasteiger partial charge on any atom is -0.467 e. The first-order chi connectivity index (χ1) is 12.0. The van der Waals surface area contributed by atoms with Gasteiger partial charge in [-0.05, 0) is 43.3 Å². The number of carbonyl (C=O) groups is 3. The first kappa shape index (κ1) is 18.7. The van der Waals surface area contributed by atoms with Gasteiger partial charge in [0.1, 0.15) is 12.3 Å². The first-order valence-corrected chi connectivity index (χ1v) is 8.27. The Hall–Kier alpha value is -2.61. The van der Waals surface area contributed by atoms with Crippen LogP contribution in [0.5, 0.6) is 0 Å². The van der Waals surface area contributed by atoms with E-state index in [0.717, 1.165) is 4.47 Å². The maximum atomic E-state index is 11.9. The van der Waals surface area contributed by atoms with Crippen molar-refractivity contribution < 1.29 is 23.5 Å². The number of halogens is 1. The smallest absolute Gasteiger partial charge is 0.325 e. The number of carbonyl (C=O) groups excluding carboxylic acids is 3. The molecule has 0 unspecified atom stereocenters. The van der Waals surface area contributed by atoms with Gasteiger partial charge in [0, 0.05) is 10.0 Å². The van der Waals surface area contributed by atoms with E-state index in [1.54, 1.807) is 43.3 Å². The third-order valence-corrected chi connectivity index (χ3v) is 3.74. The van der Waals surface area contributed by atoms with Gasteiger partial charge in [-0.2, -0.15) is 0 Å². The van der Waals surface area contributed by atoms with Crippen LogP contribution in [0.1, 0.15) is 29.1 Å². The number of esters is 1. The summed E-state index contributed by atoms with van der Waals surface area (Å²) in [6.07, 6.45) is 1.51. The number of hydrogen-bond acceptors (Lipinski definition) is 5. The minimum absolute atomic E-state index is 0.323. The fourth-order valence-electron chi connectivity index (χ4n) is 1.94. The van der Waals surface area contributed by atoms with Gasteiger partial charge in [-0.15, -0.1) is 0 Å². The molecule has 1 atom stereocenters. The molecule has 0 bridgehead atoms. The molecule has 8 heteroatoms. The van der Waals surface area contributed by atoms with E-state index in [9.17, 15) is 14.4 Å².